The fourth-order valence-corrected chi connectivity index (χ4v) is 5.37. The van der Waals surface area contributed by atoms with E-state index < -0.39 is 0 Å². The molecule has 4 aromatic rings. The zero-order valence-corrected chi connectivity index (χ0v) is 18.3. The van der Waals surface area contributed by atoms with E-state index in [9.17, 15) is 4.79 Å². The molecule has 2 heterocycles. The van der Waals surface area contributed by atoms with Crippen molar-refractivity contribution in [3.05, 3.63) is 88.1 Å². The van der Waals surface area contributed by atoms with Crippen molar-refractivity contribution in [2.45, 2.75) is 26.3 Å². The van der Waals surface area contributed by atoms with Gasteiger partial charge in [0, 0.05) is 17.0 Å². The predicted octanol–water partition coefficient (Wildman–Crippen LogP) is 4.95. The van der Waals surface area contributed by atoms with E-state index in [4.69, 9.17) is 9.84 Å². The van der Waals surface area contributed by atoms with E-state index in [0.29, 0.717) is 6.54 Å². The smallest absolute Gasteiger partial charge is 0.261 e. The molecule has 0 radical (unpaired) electrons. The third-order valence-corrected chi connectivity index (χ3v) is 6.83. The second-order valence-corrected chi connectivity index (χ2v) is 8.71. The Morgan fingerprint density at radius 3 is 2.77 bits per heavy atom. The van der Waals surface area contributed by atoms with Gasteiger partial charge < -0.3 is 10.1 Å². The number of methoxy groups -OCH3 is 1. The summed E-state index contributed by atoms with van der Waals surface area (Å²) in [4.78, 5) is 14.8. The van der Waals surface area contributed by atoms with E-state index in [1.54, 1.807) is 18.4 Å². The molecule has 2 aromatic carbocycles. The maximum absolute atomic E-state index is 12.9. The Kier molecular flexibility index (Phi) is 5.08. The molecule has 0 saturated heterocycles. The highest BCUT2D eigenvalue weighted by Gasteiger charge is 2.27. The Hall–Kier alpha value is -3.38. The minimum atomic E-state index is -0.0446. The van der Waals surface area contributed by atoms with Crippen LogP contribution in [-0.4, -0.2) is 22.8 Å². The summed E-state index contributed by atoms with van der Waals surface area (Å²) in [5, 5.41) is 7.86. The van der Waals surface area contributed by atoms with Crippen LogP contribution in [-0.2, 0) is 19.4 Å². The van der Waals surface area contributed by atoms with Crippen LogP contribution in [0.4, 0.5) is 0 Å². The first-order valence-corrected chi connectivity index (χ1v) is 11.1. The van der Waals surface area contributed by atoms with Crippen LogP contribution < -0.4 is 10.1 Å². The Balaban J connectivity index is 1.41. The number of thiophene rings is 1. The van der Waals surface area contributed by atoms with Gasteiger partial charge in [0.1, 0.15) is 5.75 Å². The van der Waals surface area contributed by atoms with Gasteiger partial charge in [-0.3, -0.25) is 4.79 Å². The van der Waals surface area contributed by atoms with Gasteiger partial charge in [-0.2, -0.15) is 5.10 Å². The first-order chi connectivity index (χ1) is 15.1. The summed E-state index contributed by atoms with van der Waals surface area (Å²) in [6, 6.07) is 20.0. The number of carbonyl (C=O) groups is 1. The SMILES string of the molecule is COc1cccc(CNC(=O)c2cc3c(s2)-c2c(C)nn(-c4ccccc4)c2CC3)c1. The summed E-state index contributed by atoms with van der Waals surface area (Å²) < 4.78 is 7.31. The summed E-state index contributed by atoms with van der Waals surface area (Å²) in [6.45, 7) is 2.52. The lowest BCUT2D eigenvalue weighted by molar-refractivity contribution is 0.0955. The molecule has 0 atom stereocenters. The van der Waals surface area contributed by atoms with Gasteiger partial charge in [0.2, 0.25) is 0 Å². The standard InChI is InChI=1S/C25H23N3O2S/c1-16-23-21(28(27-16)19-8-4-3-5-9-19)12-11-18-14-22(31-24(18)23)25(29)26-15-17-7-6-10-20(13-17)30-2/h3-10,13-14H,11-12,15H2,1-2H3,(H,26,29). The van der Waals surface area contributed by atoms with Crippen molar-refractivity contribution in [2.75, 3.05) is 7.11 Å². The fourth-order valence-electron chi connectivity index (χ4n) is 4.13. The van der Waals surface area contributed by atoms with Gasteiger partial charge >= 0.3 is 0 Å². The number of hydrogen-bond donors (Lipinski definition) is 1. The van der Waals surface area contributed by atoms with Gasteiger partial charge in [-0.05, 0) is 61.2 Å². The second kappa shape index (κ2) is 8.04. The summed E-state index contributed by atoms with van der Waals surface area (Å²) >= 11 is 1.56. The predicted molar refractivity (Wildman–Crippen MR) is 123 cm³/mol. The van der Waals surface area contributed by atoms with E-state index in [1.807, 2.05) is 48.5 Å². The zero-order chi connectivity index (χ0) is 21.4. The molecule has 5 nitrogen and oxygen atoms in total. The molecule has 31 heavy (non-hydrogen) atoms. The van der Waals surface area contributed by atoms with E-state index in [-0.39, 0.29) is 5.91 Å². The van der Waals surface area contributed by atoms with Crippen LogP contribution in [0.3, 0.4) is 0 Å². The van der Waals surface area contributed by atoms with Gasteiger partial charge in [-0.1, -0.05) is 30.3 Å². The highest BCUT2D eigenvalue weighted by atomic mass is 32.1. The molecule has 1 amide bonds. The number of para-hydroxylation sites is 1. The van der Waals surface area contributed by atoms with E-state index in [2.05, 4.69) is 29.1 Å². The number of ether oxygens (including phenoxy) is 1. The van der Waals surface area contributed by atoms with Crippen LogP contribution in [0.1, 0.15) is 32.2 Å². The number of rotatable bonds is 5. The lowest BCUT2D eigenvalue weighted by Crippen LogP contribution is -2.21. The van der Waals surface area contributed by atoms with Gasteiger partial charge in [0.05, 0.1) is 29.1 Å². The number of aromatic nitrogens is 2. The Morgan fingerprint density at radius 2 is 1.97 bits per heavy atom. The molecule has 2 aromatic heterocycles. The van der Waals surface area contributed by atoms with Crippen molar-refractivity contribution in [1.29, 1.82) is 0 Å². The highest BCUT2D eigenvalue weighted by molar-refractivity contribution is 7.17. The van der Waals surface area contributed by atoms with Crippen LogP contribution in [0.25, 0.3) is 16.1 Å². The maximum Gasteiger partial charge on any atom is 0.261 e. The minimum absolute atomic E-state index is 0.0446. The van der Waals surface area contributed by atoms with Gasteiger partial charge in [-0.25, -0.2) is 4.68 Å². The summed E-state index contributed by atoms with van der Waals surface area (Å²) in [5.41, 5.74) is 6.73. The Labute approximate surface area is 185 Å². The van der Waals surface area contributed by atoms with Crippen LogP contribution in [0.15, 0.2) is 60.7 Å². The lowest BCUT2D eigenvalue weighted by atomic mass is 9.95. The van der Waals surface area contributed by atoms with Crippen molar-refractivity contribution in [3.63, 3.8) is 0 Å². The average Bonchev–Trinajstić information content (AvgIpc) is 3.39. The molecule has 156 valence electrons. The normalized spacial score (nSPS) is 12.2. The Morgan fingerprint density at radius 1 is 1.13 bits per heavy atom. The average molecular weight is 430 g/mol. The van der Waals surface area contributed by atoms with Gasteiger partial charge in [-0.15, -0.1) is 11.3 Å². The lowest BCUT2D eigenvalue weighted by Gasteiger charge is -2.14. The van der Waals surface area contributed by atoms with Crippen molar-refractivity contribution in [2.24, 2.45) is 0 Å². The zero-order valence-electron chi connectivity index (χ0n) is 17.5. The number of nitrogens with one attached hydrogen (secondary N) is 1. The molecule has 0 aliphatic heterocycles. The molecule has 0 spiro atoms. The Bertz CT molecular complexity index is 1260. The highest BCUT2D eigenvalue weighted by Crippen LogP contribution is 2.42. The van der Waals surface area contributed by atoms with Crippen LogP contribution >= 0.6 is 11.3 Å². The second-order valence-electron chi connectivity index (χ2n) is 7.65. The number of amides is 1. The van der Waals surface area contributed by atoms with Crippen LogP contribution in [0.2, 0.25) is 0 Å². The quantitative estimate of drug-likeness (QED) is 0.489. The first-order valence-electron chi connectivity index (χ1n) is 10.3. The number of nitrogens with zero attached hydrogens (tertiary/aromatic N) is 2. The molecule has 0 bridgehead atoms. The maximum atomic E-state index is 12.9. The van der Waals surface area contributed by atoms with Crippen molar-refractivity contribution < 1.29 is 9.53 Å². The topological polar surface area (TPSA) is 56.1 Å². The molecule has 0 fully saturated rings. The monoisotopic (exact) mass is 429 g/mol. The van der Waals surface area contributed by atoms with Crippen LogP contribution in [0, 0.1) is 6.92 Å². The van der Waals surface area contributed by atoms with Crippen molar-refractivity contribution in [3.8, 4) is 21.9 Å². The number of fused-ring (bicyclic) bond motifs is 3. The molecule has 1 N–H and O–H groups in total. The first kappa shape index (κ1) is 19.6. The molecule has 1 aliphatic rings. The van der Waals surface area contributed by atoms with E-state index in [1.165, 1.54) is 21.7 Å². The molecule has 6 heteroatoms. The summed E-state index contributed by atoms with van der Waals surface area (Å²) in [7, 11) is 1.64. The van der Waals surface area contributed by atoms with E-state index in [0.717, 1.165) is 40.4 Å². The number of hydrogen-bond acceptors (Lipinski definition) is 4. The van der Waals surface area contributed by atoms with Crippen LogP contribution in [0.5, 0.6) is 5.75 Å². The largest absolute Gasteiger partial charge is 0.497 e. The van der Waals surface area contributed by atoms with Gasteiger partial charge in [0.25, 0.3) is 5.91 Å². The summed E-state index contributed by atoms with van der Waals surface area (Å²) in [5.74, 6) is 0.744. The number of carbonyl (C=O) groups excluding carboxylic acids is 1. The molecular formula is C25H23N3O2S. The fraction of sp³-hybridized carbons (Fsp3) is 0.200. The van der Waals surface area contributed by atoms with E-state index >= 15 is 0 Å². The number of aryl methyl sites for hydroxylation is 2. The molecular weight excluding hydrogens is 406 g/mol. The summed E-state index contributed by atoms with van der Waals surface area (Å²) in [6.07, 6.45) is 1.83. The van der Waals surface area contributed by atoms with Gasteiger partial charge in [0.15, 0.2) is 0 Å². The molecule has 0 unspecified atom stereocenters. The van der Waals surface area contributed by atoms with Crippen molar-refractivity contribution in [1.82, 2.24) is 15.1 Å². The molecule has 1 aliphatic carbocycles. The van der Waals surface area contributed by atoms with Crippen molar-refractivity contribution >= 4 is 17.2 Å². The third-order valence-electron chi connectivity index (χ3n) is 5.64. The number of benzene rings is 2. The minimum Gasteiger partial charge on any atom is -0.497 e. The third kappa shape index (κ3) is 3.64. The molecule has 5 rings (SSSR count). The molecule has 0 saturated carbocycles.